The van der Waals surface area contributed by atoms with Gasteiger partial charge in [-0.1, -0.05) is 78.0 Å². The van der Waals surface area contributed by atoms with E-state index in [9.17, 15) is 0 Å². The summed E-state index contributed by atoms with van der Waals surface area (Å²) in [4.78, 5) is 0. The Morgan fingerprint density at radius 2 is 1.08 bits per heavy atom. The molecule has 0 nitrogen and oxygen atoms in total. The lowest BCUT2D eigenvalue weighted by Crippen LogP contribution is -1.80. The SMILES string of the molecule is [3H]C(CCCCC)CCCCCC. The third-order valence-electron chi connectivity index (χ3n) is 2.27. The van der Waals surface area contributed by atoms with Crippen molar-refractivity contribution in [1.82, 2.24) is 0 Å². The normalized spacial score (nSPS) is 14.3. The van der Waals surface area contributed by atoms with Crippen molar-refractivity contribution in [3.8, 4) is 0 Å². The Morgan fingerprint density at radius 3 is 1.58 bits per heavy atom. The predicted molar refractivity (Wildman–Crippen MR) is 57.5 cm³/mol. The van der Waals surface area contributed by atoms with Gasteiger partial charge < -0.3 is 0 Å². The highest BCUT2D eigenvalue weighted by Crippen LogP contribution is 2.09. The molecule has 12 heavy (non-hydrogen) atoms. The lowest BCUT2D eigenvalue weighted by Gasteiger charge is -1.99. The summed E-state index contributed by atoms with van der Waals surface area (Å²) >= 11 is 0. The van der Waals surface area contributed by atoms with E-state index in [1.165, 1.54) is 44.9 Å². The topological polar surface area (TPSA) is 0 Å². The van der Waals surface area contributed by atoms with Crippen LogP contribution in [-0.2, 0) is 0 Å². The zero-order valence-corrected chi connectivity index (χ0v) is 8.94. The Balaban J connectivity index is 3.05. The molecule has 0 bridgehead atoms. The molecule has 0 saturated carbocycles. The highest BCUT2D eigenvalue weighted by molar-refractivity contribution is 4.45. The molecule has 0 heterocycles. The van der Waals surface area contributed by atoms with E-state index in [1.807, 2.05) is 0 Å². The minimum absolute atomic E-state index is 0.225. The first-order chi connectivity index (χ1) is 6.31. The number of hydrogen-bond acceptors (Lipinski definition) is 0. The van der Waals surface area contributed by atoms with Gasteiger partial charge in [0.15, 0.2) is 0 Å². The molecule has 0 aromatic rings. The van der Waals surface area contributed by atoms with Crippen LogP contribution in [0.5, 0.6) is 0 Å². The molecular formula is C12H26. The average Bonchev–Trinajstić information content (AvgIpc) is 2.13. The summed E-state index contributed by atoms with van der Waals surface area (Å²) in [7, 11) is 0. The molecule has 0 aromatic carbocycles. The molecule has 0 fully saturated rings. The second-order valence-electron chi connectivity index (χ2n) is 3.63. The van der Waals surface area contributed by atoms with Gasteiger partial charge in [-0.2, -0.15) is 0 Å². The highest BCUT2D eigenvalue weighted by Gasteiger charge is 1.90. The molecule has 74 valence electrons. The fraction of sp³-hybridized carbons (Fsp3) is 1.00. The maximum Gasteiger partial charge on any atom is 0.0267 e. The summed E-state index contributed by atoms with van der Waals surface area (Å²) in [6.45, 7) is 4.46. The molecule has 0 aliphatic heterocycles. The molecule has 0 rings (SSSR count). The highest BCUT2D eigenvalue weighted by atomic mass is 14.0. The lowest BCUT2D eigenvalue weighted by molar-refractivity contribution is 0.562. The van der Waals surface area contributed by atoms with E-state index >= 15 is 0 Å². The van der Waals surface area contributed by atoms with Crippen molar-refractivity contribution in [3.63, 3.8) is 0 Å². The number of hydrogen-bond donors (Lipinski definition) is 0. The van der Waals surface area contributed by atoms with Gasteiger partial charge in [-0.25, -0.2) is 0 Å². The van der Waals surface area contributed by atoms with Crippen molar-refractivity contribution < 1.29 is 1.37 Å². The second-order valence-corrected chi connectivity index (χ2v) is 3.63. The van der Waals surface area contributed by atoms with Crippen molar-refractivity contribution in [1.29, 1.82) is 0 Å². The molecule has 0 amide bonds. The number of unbranched alkanes of at least 4 members (excludes halogenated alkanes) is 5. The third-order valence-corrected chi connectivity index (χ3v) is 2.27. The van der Waals surface area contributed by atoms with E-state index < -0.39 is 0 Å². The van der Waals surface area contributed by atoms with Crippen LogP contribution >= 0.6 is 0 Å². The Labute approximate surface area is 80.2 Å². The first kappa shape index (κ1) is 10.1. The number of rotatable bonds is 9. The Bertz CT molecular complexity index is 91.1. The van der Waals surface area contributed by atoms with Crippen LogP contribution in [0.1, 0.15) is 79.4 Å². The van der Waals surface area contributed by atoms with Crippen LogP contribution in [0, 0.1) is 0 Å². The molecule has 0 saturated heterocycles. The molecule has 0 radical (unpaired) electrons. The van der Waals surface area contributed by atoms with Crippen LogP contribution in [0.25, 0.3) is 0 Å². The fourth-order valence-electron chi connectivity index (χ4n) is 1.40. The molecule has 1 unspecified atom stereocenters. The van der Waals surface area contributed by atoms with Gasteiger partial charge in [0.1, 0.15) is 0 Å². The first-order valence-electron chi connectivity index (χ1n) is 6.31. The standard InChI is InChI=1S/C12H26/c1-3-5-7-9-11-12-10-8-6-4-2/h3-12H2,1-2H3/i11T. The van der Waals surface area contributed by atoms with Gasteiger partial charge in [0, 0.05) is 1.37 Å². The van der Waals surface area contributed by atoms with Crippen molar-refractivity contribution in [3.05, 3.63) is 0 Å². The van der Waals surface area contributed by atoms with Crippen molar-refractivity contribution in [2.24, 2.45) is 0 Å². The van der Waals surface area contributed by atoms with Crippen molar-refractivity contribution in [2.45, 2.75) is 78.0 Å². The third kappa shape index (κ3) is 10.0. The van der Waals surface area contributed by atoms with Crippen LogP contribution in [0.4, 0.5) is 0 Å². The van der Waals surface area contributed by atoms with E-state index in [1.54, 1.807) is 0 Å². The van der Waals surface area contributed by atoms with Gasteiger partial charge in [-0.15, -0.1) is 0 Å². The minimum atomic E-state index is 0.225. The zero-order chi connectivity index (χ0) is 9.94. The summed E-state index contributed by atoms with van der Waals surface area (Å²) in [5, 5.41) is 0. The minimum Gasteiger partial charge on any atom is -0.0654 e. The molecule has 0 aromatic heterocycles. The second kappa shape index (κ2) is 11.0. The van der Waals surface area contributed by atoms with Gasteiger partial charge in [0.05, 0.1) is 0 Å². The van der Waals surface area contributed by atoms with Gasteiger partial charge in [-0.05, 0) is 0 Å². The Kier molecular flexibility index (Phi) is 9.24. The maximum atomic E-state index is 7.79. The summed E-state index contributed by atoms with van der Waals surface area (Å²) < 4.78 is 7.79. The monoisotopic (exact) mass is 172 g/mol. The molecule has 0 N–H and O–H groups in total. The quantitative estimate of drug-likeness (QED) is 0.433. The molecular weight excluding hydrogens is 144 g/mol. The smallest absolute Gasteiger partial charge is 0.0267 e. The zero-order valence-electron chi connectivity index (χ0n) is 9.94. The van der Waals surface area contributed by atoms with Crippen LogP contribution in [0.15, 0.2) is 0 Å². The Morgan fingerprint density at radius 1 is 0.667 bits per heavy atom. The predicted octanol–water partition coefficient (Wildman–Crippen LogP) is 4.93. The van der Waals surface area contributed by atoms with E-state index in [0.717, 1.165) is 12.8 Å². The molecule has 0 spiro atoms. The van der Waals surface area contributed by atoms with E-state index in [4.69, 9.17) is 1.37 Å². The first-order valence-corrected chi connectivity index (χ1v) is 5.73. The maximum absolute atomic E-state index is 7.79. The van der Waals surface area contributed by atoms with Gasteiger partial charge in [-0.3, -0.25) is 0 Å². The summed E-state index contributed by atoms with van der Waals surface area (Å²) in [6, 6.07) is 0. The Hall–Kier alpha value is 0. The van der Waals surface area contributed by atoms with Crippen LogP contribution < -0.4 is 0 Å². The lowest BCUT2D eigenvalue weighted by atomic mass is 10.1. The van der Waals surface area contributed by atoms with E-state index in [-0.39, 0.29) is 6.40 Å². The largest absolute Gasteiger partial charge is 0.0654 e. The summed E-state index contributed by atoms with van der Waals surface area (Å²) in [5.41, 5.74) is 0. The fourth-order valence-corrected chi connectivity index (χ4v) is 1.40. The molecule has 1 atom stereocenters. The van der Waals surface area contributed by atoms with E-state index in [2.05, 4.69) is 13.8 Å². The van der Waals surface area contributed by atoms with Crippen LogP contribution in [-0.4, -0.2) is 0 Å². The summed E-state index contributed by atoms with van der Waals surface area (Å²) in [5.74, 6) is 0. The average molecular weight is 172 g/mol. The van der Waals surface area contributed by atoms with Gasteiger partial charge >= 0.3 is 0 Å². The van der Waals surface area contributed by atoms with Crippen molar-refractivity contribution >= 4 is 0 Å². The van der Waals surface area contributed by atoms with Crippen molar-refractivity contribution in [2.75, 3.05) is 0 Å². The molecule has 0 aliphatic carbocycles. The molecule has 0 heteroatoms. The van der Waals surface area contributed by atoms with Crippen LogP contribution in [0.2, 0.25) is 0 Å². The van der Waals surface area contributed by atoms with Crippen LogP contribution in [0.3, 0.4) is 0 Å². The van der Waals surface area contributed by atoms with Gasteiger partial charge in [0.2, 0.25) is 0 Å². The summed E-state index contributed by atoms with van der Waals surface area (Å²) in [6.07, 6.45) is 11.6. The van der Waals surface area contributed by atoms with E-state index in [0.29, 0.717) is 0 Å². The molecule has 0 aliphatic rings. The van der Waals surface area contributed by atoms with Gasteiger partial charge in [0.25, 0.3) is 0 Å².